The first-order valence-electron chi connectivity index (χ1n) is 10.7. The molecular formula is C24H21BrCl2N2O5S. The van der Waals surface area contributed by atoms with Crippen molar-refractivity contribution in [3.05, 3.63) is 60.9 Å². The van der Waals surface area contributed by atoms with E-state index in [-0.39, 0.29) is 24.0 Å². The molecule has 0 N–H and O–H groups in total. The molecule has 2 fully saturated rings. The highest BCUT2D eigenvalue weighted by Crippen LogP contribution is 2.40. The summed E-state index contributed by atoms with van der Waals surface area (Å²) in [5, 5.41) is 0.564. The second kappa shape index (κ2) is 11.2. The maximum atomic E-state index is 12.8. The summed E-state index contributed by atoms with van der Waals surface area (Å²) in [6, 6.07) is 8.61. The molecule has 4 rings (SSSR count). The summed E-state index contributed by atoms with van der Waals surface area (Å²) in [6.45, 7) is 1.28. The molecule has 2 saturated heterocycles. The predicted octanol–water partition coefficient (Wildman–Crippen LogP) is 6.00. The zero-order chi connectivity index (χ0) is 25.1. The topological polar surface area (TPSA) is 76.2 Å². The van der Waals surface area contributed by atoms with Gasteiger partial charge in [-0.2, -0.15) is 0 Å². The van der Waals surface area contributed by atoms with Crippen LogP contribution < -0.4 is 9.47 Å². The first-order chi connectivity index (χ1) is 16.8. The molecule has 2 heterocycles. The molecule has 2 aromatic rings. The van der Waals surface area contributed by atoms with Crippen LogP contribution in [0, 0.1) is 0 Å². The molecule has 184 valence electrons. The highest BCUT2D eigenvalue weighted by Gasteiger charge is 2.37. The quantitative estimate of drug-likeness (QED) is 0.363. The van der Waals surface area contributed by atoms with Crippen LogP contribution in [0.15, 0.2) is 39.7 Å². The molecule has 0 saturated carbocycles. The van der Waals surface area contributed by atoms with Gasteiger partial charge in [0.2, 0.25) is 5.91 Å². The molecule has 35 heavy (non-hydrogen) atoms. The van der Waals surface area contributed by atoms with Gasteiger partial charge in [0.1, 0.15) is 13.2 Å². The minimum Gasteiger partial charge on any atom is -0.493 e. The number of amides is 3. The number of benzene rings is 2. The van der Waals surface area contributed by atoms with Gasteiger partial charge in [0.15, 0.2) is 11.5 Å². The Kier molecular flexibility index (Phi) is 8.31. The Bertz CT molecular complexity index is 1220. The molecule has 2 aliphatic rings. The summed E-state index contributed by atoms with van der Waals surface area (Å²) in [6.07, 6.45) is 3.48. The van der Waals surface area contributed by atoms with Crippen molar-refractivity contribution in [2.24, 2.45) is 0 Å². The molecule has 0 spiro atoms. The van der Waals surface area contributed by atoms with Gasteiger partial charge in [-0.05, 0) is 76.4 Å². The number of methoxy groups -OCH3 is 1. The highest BCUT2D eigenvalue weighted by atomic mass is 79.9. The van der Waals surface area contributed by atoms with Gasteiger partial charge in [0, 0.05) is 28.7 Å². The smallest absolute Gasteiger partial charge is 0.294 e. The van der Waals surface area contributed by atoms with E-state index in [0.29, 0.717) is 44.7 Å². The van der Waals surface area contributed by atoms with Crippen molar-refractivity contribution in [2.75, 3.05) is 26.7 Å². The number of thioether (sulfide) groups is 1. The minimum absolute atomic E-state index is 0.189. The van der Waals surface area contributed by atoms with Gasteiger partial charge in [-0.25, -0.2) is 0 Å². The van der Waals surface area contributed by atoms with Crippen LogP contribution in [0.4, 0.5) is 4.79 Å². The Morgan fingerprint density at radius 1 is 1.17 bits per heavy atom. The fourth-order valence-electron chi connectivity index (χ4n) is 3.74. The molecular weight excluding hydrogens is 579 g/mol. The first-order valence-corrected chi connectivity index (χ1v) is 13.1. The highest BCUT2D eigenvalue weighted by molar-refractivity contribution is 9.10. The van der Waals surface area contributed by atoms with Gasteiger partial charge in [-0.3, -0.25) is 19.3 Å². The van der Waals surface area contributed by atoms with E-state index in [1.165, 1.54) is 7.11 Å². The lowest BCUT2D eigenvalue weighted by molar-refractivity contribution is -0.135. The van der Waals surface area contributed by atoms with Crippen molar-refractivity contribution in [2.45, 2.75) is 19.4 Å². The number of imide groups is 1. The molecule has 0 bridgehead atoms. The zero-order valence-corrected chi connectivity index (χ0v) is 22.6. The van der Waals surface area contributed by atoms with Crippen LogP contribution in [0.25, 0.3) is 6.08 Å². The summed E-state index contributed by atoms with van der Waals surface area (Å²) in [5.41, 5.74) is 1.38. The fraction of sp³-hybridized carbons (Fsp3) is 0.292. The Balaban J connectivity index is 1.50. The normalized spacial score (nSPS) is 17.0. The maximum absolute atomic E-state index is 12.8. The molecule has 0 aromatic heterocycles. The fourth-order valence-corrected chi connectivity index (χ4v) is 5.62. The van der Waals surface area contributed by atoms with E-state index in [0.717, 1.165) is 35.1 Å². The van der Waals surface area contributed by atoms with Gasteiger partial charge in [0.05, 0.1) is 16.5 Å². The molecule has 0 radical (unpaired) electrons. The molecule has 7 nitrogen and oxygen atoms in total. The van der Waals surface area contributed by atoms with Crippen molar-refractivity contribution >= 4 is 74.0 Å². The molecule has 0 aliphatic carbocycles. The number of nitrogens with zero attached hydrogens (tertiary/aromatic N) is 2. The third kappa shape index (κ3) is 5.97. The molecule has 0 unspecified atom stereocenters. The van der Waals surface area contributed by atoms with E-state index < -0.39 is 11.1 Å². The molecule has 2 aromatic carbocycles. The maximum Gasteiger partial charge on any atom is 0.294 e. The molecule has 11 heteroatoms. The van der Waals surface area contributed by atoms with E-state index in [2.05, 4.69) is 15.9 Å². The average molecular weight is 600 g/mol. The lowest BCUT2D eigenvalue weighted by Gasteiger charge is -2.18. The van der Waals surface area contributed by atoms with Crippen molar-refractivity contribution < 1.29 is 23.9 Å². The molecule has 3 amide bonds. The minimum atomic E-state index is -0.486. The third-order valence-electron chi connectivity index (χ3n) is 5.56. The van der Waals surface area contributed by atoms with E-state index in [9.17, 15) is 14.4 Å². The second-order valence-corrected chi connectivity index (χ2v) is 10.6. The van der Waals surface area contributed by atoms with Gasteiger partial charge < -0.3 is 14.4 Å². The largest absolute Gasteiger partial charge is 0.493 e. The monoisotopic (exact) mass is 598 g/mol. The van der Waals surface area contributed by atoms with Gasteiger partial charge >= 0.3 is 0 Å². The number of hydrogen-bond acceptors (Lipinski definition) is 6. The zero-order valence-electron chi connectivity index (χ0n) is 18.7. The number of likely N-dealkylation sites (tertiary alicyclic amines) is 1. The molecule has 2 aliphatic heterocycles. The van der Waals surface area contributed by atoms with E-state index in [1.807, 2.05) is 0 Å². The third-order valence-corrected chi connectivity index (χ3v) is 7.65. The van der Waals surface area contributed by atoms with Crippen molar-refractivity contribution in [3.8, 4) is 11.5 Å². The van der Waals surface area contributed by atoms with Crippen LogP contribution in [-0.4, -0.2) is 53.6 Å². The summed E-state index contributed by atoms with van der Waals surface area (Å²) in [5.74, 6) is 0.192. The van der Waals surface area contributed by atoms with Crippen molar-refractivity contribution in [1.29, 1.82) is 0 Å². The Hall–Kier alpha value is -2.20. The van der Waals surface area contributed by atoms with Gasteiger partial charge in [0.25, 0.3) is 11.1 Å². The number of rotatable bonds is 7. The van der Waals surface area contributed by atoms with E-state index >= 15 is 0 Å². The summed E-state index contributed by atoms with van der Waals surface area (Å²) < 4.78 is 12.0. The van der Waals surface area contributed by atoms with Crippen LogP contribution in [0.2, 0.25) is 10.0 Å². The number of carbonyl (C=O) groups excluding carboxylic acids is 3. The lowest BCUT2D eigenvalue weighted by Crippen LogP contribution is -2.40. The number of halogens is 3. The summed E-state index contributed by atoms with van der Waals surface area (Å²) in [7, 11) is 1.51. The Morgan fingerprint density at radius 3 is 2.60 bits per heavy atom. The second-order valence-electron chi connectivity index (χ2n) is 7.91. The van der Waals surface area contributed by atoms with Crippen LogP contribution in [-0.2, 0) is 16.2 Å². The number of carbonyl (C=O) groups is 3. The summed E-state index contributed by atoms with van der Waals surface area (Å²) >= 11 is 16.5. The van der Waals surface area contributed by atoms with Crippen molar-refractivity contribution in [1.82, 2.24) is 9.80 Å². The molecule has 0 atom stereocenters. The predicted molar refractivity (Wildman–Crippen MR) is 140 cm³/mol. The average Bonchev–Trinajstić information content (AvgIpc) is 3.44. The van der Waals surface area contributed by atoms with Crippen LogP contribution in [0.1, 0.15) is 24.0 Å². The van der Waals surface area contributed by atoms with Crippen molar-refractivity contribution in [3.63, 3.8) is 0 Å². The van der Waals surface area contributed by atoms with Gasteiger partial charge in [-0.1, -0.05) is 29.3 Å². The summed E-state index contributed by atoms with van der Waals surface area (Å²) in [4.78, 5) is 40.6. The number of hydrogen-bond donors (Lipinski definition) is 0. The standard InChI is InChI=1S/C24H21BrCl2N2O5S/c1-33-19-9-14(8-17(25)22(19)34-13-15-4-5-16(26)11-18(15)27)10-20-23(31)29(24(32)35-20)12-21(30)28-6-2-3-7-28/h4-5,8-11H,2-3,6-7,12-13H2,1H3/b20-10+. The Labute approximate surface area is 225 Å². The first kappa shape index (κ1) is 25.9. The van der Waals surface area contributed by atoms with Crippen LogP contribution in [0.3, 0.4) is 0 Å². The lowest BCUT2D eigenvalue weighted by atomic mass is 10.1. The SMILES string of the molecule is COc1cc(/C=C2/SC(=O)N(CC(=O)N3CCCC3)C2=O)cc(Br)c1OCc1ccc(Cl)cc1Cl. The number of ether oxygens (including phenoxy) is 2. The van der Waals surface area contributed by atoms with E-state index in [1.54, 1.807) is 41.3 Å². The van der Waals surface area contributed by atoms with Crippen LogP contribution >= 0.6 is 50.9 Å². The van der Waals surface area contributed by atoms with E-state index in [4.69, 9.17) is 32.7 Å². The van der Waals surface area contributed by atoms with Gasteiger partial charge in [-0.15, -0.1) is 0 Å². The Morgan fingerprint density at radius 2 is 1.91 bits per heavy atom. The van der Waals surface area contributed by atoms with Crippen LogP contribution in [0.5, 0.6) is 11.5 Å².